The van der Waals surface area contributed by atoms with Crippen LogP contribution in [0.15, 0.2) is 41.2 Å². The van der Waals surface area contributed by atoms with E-state index in [-0.39, 0.29) is 61.6 Å². The Morgan fingerprint density at radius 3 is 2.39 bits per heavy atom. The van der Waals surface area contributed by atoms with Crippen molar-refractivity contribution < 1.29 is 38.2 Å². The third kappa shape index (κ3) is 7.13. The Labute approximate surface area is 330 Å². The highest BCUT2D eigenvalue weighted by molar-refractivity contribution is 6.12. The highest BCUT2D eigenvalue weighted by Crippen LogP contribution is 2.42. The summed E-state index contributed by atoms with van der Waals surface area (Å²) in [6, 6.07) is 7.70. The molecule has 0 radical (unpaired) electrons. The maximum atomic E-state index is 14.2. The van der Waals surface area contributed by atoms with E-state index in [0.717, 1.165) is 47.3 Å². The van der Waals surface area contributed by atoms with Crippen molar-refractivity contribution in [1.82, 2.24) is 24.3 Å². The number of esters is 2. The molecule has 1 atom stereocenters. The van der Waals surface area contributed by atoms with Gasteiger partial charge in [0.1, 0.15) is 12.4 Å². The molecule has 0 spiro atoms. The van der Waals surface area contributed by atoms with E-state index in [1.165, 1.54) is 31.4 Å². The van der Waals surface area contributed by atoms with Crippen molar-refractivity contribution in [3.63, 3.8) is 0 Å². The minimum Gasteiger partial charge on any atom is -0.457 e. The summed E-state index contributed by atoms with van der Waals surface area (Å²) in [5.41, 5.74) is 2.07. The number of cyclic esters (lactones) is 1. The summed E-state index contributed by atoms with van der Waals surface area (Å²) in [6.45, 7) is 7.64. The van der Waals surface area contributed by atoms with Gasteiger partial charge in [0.05, 0.1) is 29.0 Å². The monoisotopic (exact) mass is 779 g/mol. The van der Waals surface area contributed by atoms with Gasteiger partial charge in [0.25, 0.3) is 17.4 Å². The molecule has 0 saturated carbocycles. The first kappa shape index (κ1) is 38.5. The van der Waals surface area contributed by atoms with Crippen molar-refractivity contribution in [2.45, 2.75) is 109 Å². The van der Waals surface area contributed by atoms with E-state index in [1.807, 2.05) is 19.1 Å². The fourth-order valence-corrected chi connectivity index (χ4v) is 9.24. The number of benzene rings is 1. The molecule has 3 aromatic rings. The second-order valence-corrected chi connectivity index (χ2v) is 15.6. The Bertz CT molecular complexity index is 2220. The first-order valence-corrected chi connectivity index (χ1v) is 20.5. The Kier molecular flexibility index (Phi) is 10.7. The minimum absolute atomic E-state index is 0.000790. The normalized spacial score (nSPS) is 20.8. The molecule has 0 N–H and O–H groups in total. The molecule has 0 bridgehead atoms. The fraction of sp³-hybridized carbons (Fsp3) is 0.512. The van der Waals surface area contributed by atoms with Crippen LogP contribution in [0.25, 0.3) is 22.3 Å². The number of rotatable bonds is 11. The molecule has 2 aromatic heterocycles. The van der Waals surface area contributed by atoms with Crippen molar-refractivity contribution in [3.05, 3.63) is 69.0 Å². The van der Waals surface area contributed by atoms with Gasteiger partial charge in [-0.25, -0.2) is 14.6 Å². The van der Waals surface area contributed by atoms with Crippen LogP contribution in [0.1, 0.15) is 100 Å². The predicted molar refractivity (Wildman–Crippen MR) is 208 cm³/mol. The lowest BCUT2D eigenvalue weighted by Gasteiger charge is -2.39. The molecule has 14 nitrogen and oxygen atoms in total. The quantitative estimate of drug-likeness (QED) is 0.113. The number of aryl methyl sites for hydroxylation is 1. The molecule has 3 amide bonds. The molecule has 0 aliphatic carbocycles. The summed E-state index contributed by atoms with van der Waals surface area (Å²) >= 11 is 0. The number of hydrogen-bond acceptors (Lipinski definition) is 11. The van der Waals surface area contributed by atoms with E-state index in [9.17, 15) is 28.8 Å². The smallest absolute Gasteiger partial charge is 0.415 e. The number of carbonyl (C=O) groups excluding carboxylic acids is 5. The number of carbonyl (C=O) groups is 5. The van der Waals surface area contributed by atoms with Gasteiger partial charge < -0.3 is 28.6 Å². The molecule has 7 heterocycles. The fourth-order valence-electron chi connectivity index (χ4n) is 9.24. The van der Waals surface area contributed by atoms with Crippen molar-refractivity contribution in [2.24, 2.45) is 0 Å². The zero-order valence-electron chi connectivity index (χ0n) is 32.7. The molecule has 2 fully saturated rings. The van der Waals surface area contributed by atoms with Crippen LogP contribution in [0.5, 0.6) is 5.75 Å². The lowest BCUT2D eigenvalue weighted by molar-refractivity contribution is -0.189. The summed E-state index contributed by atoms with van der Waals surface area (Å²) in [5.74, 6) is -1.61. The van der Waals surface area contributed by atoms with Crippen LogP contribution in [0.2, 0.25) is 0 Å². The van der Waals surface area contributed by atoms with Crippen molar-refractivity contribution in [1.29, 1.82) is 0 Å². The lowest BCUT2D eigenvalue weighted by atomic mass is 9.85. The highest BCUT2D eigenvalue weighted by Gasteiger charge is 2.50. The number of pyridine rings is 2. The number of unbranched alkanes of at least 4 members (excludes halogenated alkanes) is 2. The molecule has 57 heavy (non-hydrogen) atoms. The van der Waals surface area contributed by atoms with Crippen LogP contribution in [-0.2, 0) is 53.8 Å². The molecule has 14 heteroatoms. The van der Waals surface area contributed by atoms with Gasteiger partial charge in [-0.15, -0.1) is 0 Å². The molecular formula is C43H49N5O9. The Hall–Kier alpha value is -5.37. The average molecular weight is 780 g/mol. The molecule has 1 aromatic carbocycles. The molecule has 5 aliphatic heterocycles. The zero-order valence-corrected chi connectivity index (χ0v) is 32.7. The summed E-state index contributed by atoms with van der Waals surface area (Å²) in [4.78, 5) is 88.4. The summed E-state index contributed by atoms with van der Waals surface area (Å²) in [7, 11) is 0. The van der Waals surface area contributed by atoms with Gasteiger partial charge in [-0.3, -0.25) is 24.1 Å². The Morgan fingerprint density at radius 1 is 0.912 bits per heavy atom. The van der Waals surface area contributed by atoms with E-state index in [1.54, 1.807) is 28.5 Å². The largest absolute Gasteiger partial charge is 0.457 e. The van der Waals surface area contributed by atoms with Gasteiger partial charge in [-0.2, -0.15) is 0 Å². The number of fused-ring (bicyclic) bond motifs is 5. The van der Waals surface area contributed by atoms with E-state index in [0.29, 0.717) is 73.0 Å². The van der Waals surface area contributed by atoms with E-state index in [2.05, 4.69) is 4.90 Å². The molecular weight excluding hydrogens is 730 g/mol. The van der Waals surface area contributed by atoms with Crippen LogP contribution >= 0.6 is 0 Å². The highest BCUT2D eigenvalue weighted by atomic mass is 16.6. The van der Waals surface area contributed by atoms with Crippen LogP contribution in [-0.4, -0.2) is 92.9 Å². The predicted octanol–water partition coefficient (Wildman–Crippen LogP) is 5.13. The maximum absolute atomic E-state index is 14.2. The standard InChI is InChI=1S/C43H49N5O9/c1-3-29-30-23-28(56-42(54)46-21-16-27(17-22-46)45-18-8-6-9-19-45)12-13-34(30)44-39-31(29)25-48-35(39)24-33-32(40(48)52)26-55-41(53)43(33,4-2)57-38(51)11-7-5-10-20-47-36(49)14-15-37(47)50/h12-15,23-24,27H,3-11,16-22,25-26H2,1-2H3/t43-/m0/s1. The number of piperidine rings is 2. The van der Waals surface area contributed by atoms with Crippen molar-refractivity contribution in [2.75, 3.05) is 32.7 Å². The van der Waals surface area contributed by atoms with E-state index in [4.69, 9.17) is 19.2 Å². The zero-order chi connectivity index (χ0) is 39.8. The SMILES string of the molecule is CCc1c2c(nc3ccc(OC(=O)N4CCC(N5CCCCC5)CC4)cc13)-c1cc3c(c(=O)n1C2)COC(=O)[C@@]3(CC)OC(=O)CCCCCN1C(=O)C=CC1=O. The molecule has 300 valence electrons. The van der Waals surface area contributed by atoms with Gasteiger partial charge in [0.15, 0.2) is 0 Å². The van der Waals surface area contributed by atoms with E-state index >= 15 is 0 Å². The summed E-state index contributed by atoms with van der Waals surface area (Å²) in [6.07, 6.45) is 9.98. The van der Waals surface area contributed by atoms with Gasteiger partial charge in [0.2, 0.25) is 5.60 Å². The number of amides is 3. The molecule has 8 rings (SSSR count). The summed E-state index contributed by atoms with van der Waals surface area (Å²) in [5, 5.41) is 0.835. The van der Waals surface area contributed by atoms with Crippen molar-refractivity contribution in [3.8, 4) is 17.1 Å². The number of ether oxygens (including phenoxy) is 3. The number of aromatic nitrogens is 2. The van der Waals surface area contributed by atoms with Crippen LogP contribution in [0.4, 0.5) is 4.79 Å². The number of likely N-dealkylation sites (tertiary alicyclic amines) is 2. The van der Waals surface area contributed by atoms with Gasteiger partial charge in [0, 0.05) is 60.8 Å². The van der Waals surface area contributed by atoms with Gasteiger partial charge in [-0.05, 0) is 94.3 Å². The summed E-state index contributed by atoms with van der Waals surface area (Å²) < 4.78 is 19.0. The third-order valence-corrected chi connectivity index (χ3v) is 12.4. The molecule has 2 saturated heterocycles. The number of imide groups is 1. The topological polar surface area (TPSA) is 158 Å². The molecule has 0 unspecified atom stereocenters. The molecule has 5 aliphatic rings. The van der Waals surface area contributed by atoms with Gasteiger partial charge in [-0.1, -0.05) is 26.7 Å². The Morgan fingerprint density at radius 2 is 1.67 bits per heavy atom. The van der Waals surface area contributed by atoms with Crippen LogP contribution in [0.3, 0.4) is 0 Å². The van der Waals surface area contributed by atoms with E-state index < -0.39 is 17.5 Å². The first-order valence-electron chi connectivity index (χ1n) is 20.5. The maximum Gasteiger partial charge on any atom is 0.415 e. The number of nitrogens with zero attached hydrogens (tertiary/aromatic N) is 5. The second kappa shape index (κ2) is 15.9. The third-order valence-electron chi connectivity index (χ3n) is 12.4. The minimum atomic E-state index is -1.81. The van der Waals surface area contributed by atoms with Crippen molar-refractivity contribution >= 4 is 40.7 Å². The second-order valence-electron chi connectivity index (χ2n) is 15.6. The Balaban J connectivity index is 0.996. The average Bonchev–Trinajstić information content (AvgIpc) is 3.76. The van der Waals surface area contributed by atoms with Gasteiger partial charge >= 0.3 is 18.0 Å². The van der Waals surface area contributed by atoms with Crippen LogP contribution in [0, 0.1) is 0 Å². The first-order chi connectivity index (χ1) is 27.6. The number of hydrogen-bond donors (Lipinski definition) is 0. The van der Waals surface area contributed by atoms with Crippen LogP contribution < -0.4 is 10.3 Å². The lowest BCUT2D eigenvalue weighted by Crippen LogP contribution is -2.48.